The van der Waals surface area contributed by atoms with Gasteiger partial charge in [-0.25, -0.2) is 4.98 Å². The van der Waals surface area contributed by atoms with Crippen molar-refractivity contribution in [3.05, 3.63) is 53.1 Å². The molecule has 0 saturated carbocycles. The van der Waals surface area contributed by atoms with E-state index in [4.69, 9.17) is 19.9 Å². The fourth-order valence-corrected chi connectivity index (χ4v) is 3.37. The molecular formula is C23H23N3O3. The molecule has 148 valence electrons. The van der Waals surface area contributed by atoms with E-state index in [1.165, 1.54) is 0 Å². The molecule has 0 aliphatic rings. The highest BCUT2D eigenvalue weighted by atomic mass is 16.5. The number of aromatic nitrogens is 1. The summed E-state index contributed by atoms with van der Waals surface area (Å²) in [4.78, 5) is 4.48. The van der Waals surface area contributed by atoms with Gasteiger partial charge in [-0.2, -0.15) is 5.26 Å². The minimum atomic E-state index is 0.164. The number of aryl methyl sites for hydroxylation is 2. The molecule has 0 saturated heterocycles. The summed E-state index contributed by atoms with van der Waals surface area (Å²) in [5.74, 6) is 1.76. The molecular weight excluding hydrogens is 366 g/mol. The van der Waals surface area contributed by atoms with Gasteiger partial charge >= 0.3 is 0 Å². The van der Waals surface area contributed by atoms with Crippen molar-refractivity contribution in [1.82, 2.24) is 4.98 Å². The number of rotatable bonds is 5. The SMILES string of the molecule is COc1cc(OC)c(-c2cc(-c3ccc(C)cc3C)nc(N)c2C#N)cc1OC. The second-order valence-electron chi connectivity index (χ2n) is 6.65. The van der Waals surface area contributed by atoms with Crippen molar-refractivity contribution < 1.29 is 14.2 Å². The normalized spacial score (nSPS) is 10.3. The van der Waals surface area contributed by atoms with Crippen LogP contribution in [0.4, 0.5) is 5.82 Å². The average Bonchev–Trinajstić information content (AvgIpc) is 2.72. The summed E-state index contributed by atoms with van der Waals surface area (Å²) in [6, 6.07) is 13.6. The standard InChI is InChI=1S/C23H23N3O3/c1-13-6-7-15(14(2)8-13)19-9-16(18(12-24)23(25)26-19)17-10-21(28-4)22(29-5)11-20(17)27-3/h6-11H,1-5H3,(H2,25,26). The van der Waals surface area contributed by atoms with Gasteiger partial charge in [0, 0.05) is 22.8 Å². The van der Waals surface area contributed by atoms with Crippen LogP contribution in [0.15, 0.2) is 36.4 Å². The molecule has 0 radical (unpaired) electrons. The maximum atomic E-state index is 9.74. The third-order valence-electron chi connectivity index (χ3n) is 4.81. The number of pyridine rings is 1. The number of nitrogens with two attached hydrogens (primary N) is 1. The number of nitriles is 1. The maximum absolute atomic E-state index is 9.74. The van der Waals surface area contributed by atoms with Crippen LogP contribution in [0.3, 0.4) is 0 Å². The summed E-state index contributed by atoms with van der Waals surface area (Å²) in [5, 5.41) is 9.74. The molecule has 29 heavy (non-hydrogen) atoms. The Bertz CT molecular complexity index is 1120. The van der Waals surface area contributed by atoms with Gasteiger partial charge in [0.05, 0.1) is 27.0 Å². The first-order valence-corrected chi connectivity index (χ1v) is 9.02. The zero-order valence-electron chi connectivity index (χ0n) is 17.2. The van der Waals surface area contributed by atoms with Crippen LogP contribution in [0, 0.1) is 25.2 Å². The van der Waals surface area contributed by atoms with Gasteiger partial charge in [-0.05, 0) is 31.5 Å². The average molecular weight is 389 g/mol. The van der Waals surface area contributed by atoms with E-state index in [0.717, 1.165) is 16.7 Å². The number of benzene rings is 2. The van der Waals surface area contributed by atoms with Gasteiger partial charge in [0.2, 0.25) is 0 Å². The Labute approximate surface area is 170 Å². The lowest BCUT2D eigenvalue weighted by Crippen LogP contribution is -2.02. The molecule has 0 bridgehead atoms. The lowest BCUT2D eigenvalue weighted by Gasteiger charge is -2.17. The van der Waals surface area contributed by atoms with Gasteiger partial charge in [0.25, 0.3) is 0 Å². The number of nitrogens with zero attached hydrogens (tertiary/aromatic N) is 2. The van der Waals surface area contributed by atoms with Crippen molar-refractivity contribution in [2.24, 2.45) is 0 Å². The quantitative estimate of drug-likeness (QED) is 0.690. The minimum Gasteiger partial charge on any atom is -0.496 e. The maximum Gasteiger partial charge on any atom is 0.164 e. The number of hydrogen-bond acceptors (Lipinski definition) is 6. The Morgan fingerprint density at radius 2 is 1.48 bits per heavy atom. The van der Waals surface area contributed by atoms with Gasteiger partial charge in [-0.15, -0.1) is 0 Å². The fraction of sp³-hybridized carbons (Fsp3) is 0.217. The molecule has 3 aromatic rings. The molecule has 0 amide bonds. The van der Waals surface area contributed by atoms with Crippen molar-refractivity contribution >= 4 is 5.82 Å². The highest BCUT2D eigenvalue weighted by Crippen LogP contribution is 2.43. The molecule has 2 aromatic carbocycles. The number of nitrogen functional groups attached to an aromatic ring is 1. The Balaban J connectivity index is 2.32. The van der Waals surface area contributed by atoms with E-state index >= 15 is 0 Å². The van der Waals surface area contributed by atoms with E-state index in [2.05, 4.69) is 17.1 Å². The van der Waals surface area contributed by atoms with E-state index in [-0.39, 0.29) is 11.4 Å². The Kier molecular flexibility index (Phi) is 5.60. The van der Waals surface area contributed by atoms with Gasteiger partial charge in [0.1, 0.15) is 23.2 Å². The van der Waals surface area contributed by atoms with E-state index < -0.39 is 0 Å². The van der Waals surface area contributed by atoms with Crippen LogP contribution in [0.1, 0.15) is 16.7 Å². The zero-order chi connectivity index (χ0) is 21.1. The third kappa shape index (κ3) is 3.67. The predicted molar refractivity (Wildman–Crippen MR) is 113 cm³/mol. The summed E-state index contributed by atoms with van der Waals surface area (Å²) in [6.45, 7) is 4.06. The molecule has 1 heterocycles. The largest absolute Gasteiger partial charge is 0.496 e. The molecule has 0 aliphatic carbocycles. The summed E-state index contributed by atoms with van der Waals surface area (Å²) < 4.78 is 16.4. The molecule has 1 aromatic heterocycles. The van der Waals surface area contributed by atoms with Gasteiger partial charge < -0.3 is 19.9 Å². The van der Waals surface area contributed by atoms with Crippen molar-refractivity contribution in [1.29, 1.82) is 5.26 Å². The second-order valence-corrected chi connectivity index (χ2v) is 6.65. The first-order chi connectivity index (χ1) is 13.9. The molecule has 0 aliphatic heterocycles. The molecule has 0 spiro atoms. The first kappa shape index (κ1) is 20.0. The van der Waals surface area contributed by atoms with Crippen LogP contribution in [0.5, 0.6) is 17.2 Å². The van der Waals surface area contributed by atoms with Crippen LogP contribution in [-0.4, -0.2) is 26.3 Å². The van der Waals surface area contributed by atoms with Crippen LogP contribution < -0.4 is 19.9 Å². The molecule has 2 N–H and O–H groups in total. The van der Waals surface area contributed by atoms with Crippen molar-refractivity contribution in [3.63, 3.8) is 0 Å². The smallest absolute Gasteiger partial charge is 0.164 e. The summed E-state index contributed by atoms with van der Waals surface area (Å²) in [7, 11) is 4.67. The molecule has 0 unspecified atom stereocenters. The Morgan fingerprint density at radius 1 is 0.828 bits per heavy atom. The third-order valence-corrected chi connectivity index (χ3v) is 4.81. The number of methoxy groups -OCH3 is 3. The zero-order valence-corrected chi connectivity index (χ0v) is 17.2. The number of hydrogen-bond donors (Lipinski definition) is 1. The second kappa shape index (κ2) is 8.11. The molecule has 6 heteroatoms. The van der Waals surface area contributed by atoms with Crippen molar-refractivity contribution in [2.45, 2.75) is 13.8 Å². The van der Waals surface area contributed by atoms with Crippen molar-refractivity contribution in [2.75, 3.05) is 27.1 Å². The van der Waals surface area contributed by atoms with E-state index in [9.17, 15) is 5.26 Å². The Hall–Kier alpha value is -3.72. The topological polar surface area (TPSA) is 90.4 Å². The first-order valence-electron chi connectivity index (χ1n) is 9.02. The van der Waals surface area contributed by atoms with Crippen LogP contribution in [0.25, 0.3) is 22.4 Å². The summed E-state index contributed by atoms with van der Waals surface area (Å²) >= 11 is 0. The lowest BCUT2D eigenvalue weighted by atomic mass is 9.95. The van der Waals surface area contributed by atoms with E-state index in [0.29, 0.717) is 34.1 Å². The van der Waals surface area contributed by atoms with Gasteiger partial charge in [-0.1, -0.05) is 23.8 Å². The molecule has 3 rings (SSSR count). The highest BCUT2D eigenvalue weighted by molar-refractivity contribution is 5.85. The van der Waals surface area contributed by atoms with Gasteiger partial charge in [0.15, 0.2) is 11.5 Å². The van der Waals surface area contributed by atoms with Crippen LogP contribution in [0.2, 0.25) is 0 Å². The summed E-state index contributed by atoms with van der Waals surface area (Å²) in [6.07, 6.45) is 0. The lowest BCUT2D eigenvalue weighted by molar-refractivity contribution is 0.349. The van der Waals surface area contributed by atoms with E-state index in [1.54, 1.807) is 33.5 Å². The van der Waals surface area contributed by atoms with E-state index in [1.807, 2.05) is 32.0 Å². The Morgan fingerprint density at radius 3 is 2.07 bits per heavy atom. The van der Waals surface area contributed by atoms with Crippen LogP contribution >= 0.6 is 0 Å². The fourth-order valence-electron chi connectivity index (χ4n) is 3.37. The molecule has 0 fully saturated rings. The highest BCUT2D eigenvalue weighted by Gasteiger charge is 2.20. The minimum absolute atomic E-state index is 0.164. The molecule has 6 nitrogen and oxygen atoms in total. The van der Waals surface area contributed by atoms with Crippen LogP contribution in [-0.2, 0) is 0 Å². The van der Waals surface area contributed by atoms with Crippen molar-refractivity contribution in [3.8, 4) is 45.7 Å². The number of anilines is 1. The predicted octanol–water partition coefficient (Wildman–Crippen LogP) is 4.51. The number of ether oxygens (including phenoxy) is 3. The van der Waals surface area contributed by atoms with Gasteiger partial charge in [-0.3, -0.25) is 0 Å². The monoisotopic (exact) mass is 389 g/mol. The summed E-state index contributed by atoms with van der Waals surface area (Å²) in [5.41, 5.74) is 11.6. The molecule has 0 atom stereocenters.